The summed E-state index contributed by atoms with van der Waals surface area (Å²) in [7, 11) is -3.11. The van der Waals surface area contributed by atoms with Crippen molar-refractivity contribution in [2.45, 2.75) is 45.3 Å². The first-order valence-corrected chi connectivity index (χ1v) is 9.36. The van der Waals surface area contributed by atoms with Gasteiger partial charge in [-0.25, -0.2) is 8.42 Å². The number of benzene rings is 1. The Hall–Kier alpha value is -0.910. The number of nitrogens with zero attached hydrogens (tertiary/aromatic N) is 2. The molecule has 2 atom stereocenters. The molecule has 4 nitrogen and oxygen atoms in total. The lowest BCUT2D eigenvalue weighted by atomic mass is 10.1. The normalized spacial score (nSPS) is 30.0. The second kappa shape index (κ2) is 5.71. The van der Waals surface area contributed by atoms with E-state index in [4.69, 9.17) is 0 Å². The topological polar surface area (TPSA) is 40.6 Å². The van der Waals surface area contributed by atoms with E-state index in [1.807, 2.05) is 31.2 Å². The number of hydrogen-bond acceptors (Lipinski definition) is 3. The fourth-order valence-electron chi connectivity index (χ4n) is 3.51. The Labute approximate surface area is 127 Å². The van der Waals surface area contributed by atoms with E-state index in [1.165, 1.54) is 18.4 Å². The molecule has 0 amide bonds. The van der Waals surface area contributed by atoms with Gasteiger partial charge >= 0.3 is 0 Å². The van der Waals surface area contributed by atoms with E-state index in [1.54, 1.807) is 4.31 Å². The number of sulfonamides is 1. The fourth-order valence-corrected chi connectivity index (χ4v) is 5.25. The molecular weight excluding hydrogens is 284 g/mol. The maximum Gasteiger partial charge on any atom is 0.216 e. The van der Waals surface area contributed by atoms with Gasteiger partial charge < -0.3 is 0 Å². The molecule has 0 N–H and O–H groups in total. The Bertz CT molecular complexity index is 597. The molecule has 116 valence electrons. The highest BCUT2D eigenvalue weighted by molar-refractivity contribution is 7.89. The Morgan fingerprint density at radius 1 is 1.24 bits per heavy atom. The average molecular weight is 308 g/mol. The predicted octanol–water partition coefficient (Wildman–Crippen LogP) is 1.99. The van der Waals surface area contributed by atoms with Gasteiger partial charge in [0.05, 0.1) is 5.75 Å². The molecule has 21 heavy (non-hydrogen) atoms. The molecule has 1 unspecified atom stereocenters. The predicted molar refractivity (Wildman–Crippen MR) is 84.6 cm³/mol. The Balaban J connectivity index is 1.72. The van der Waals surface area contributed by atoms with Gasteiger partial charge in [-0.1, -0.05) is 29.8 Å². The highest BCUT2D eigenvalue weighted by Gasteiger charge is 2.41. The van der Waals surface area contributed by atoms with E-state index in [9.17, 15) is 8.42 Å². The molecule has 3 rings (SSSR count). The highest BCUT2D eigenvalue weighted by Crippen LogP contribution is 2.27. The van der Waals surface area contributed by atoms with Gasteiger partial charge in [-0.05, 0) is 38.8 Å². The molecule has 0 spiro atoms. The Morgan fingerprint density at radius 3 is 2.57 bits per heavy atom. The van der Waals surface area contributed by atoms with Crippen LogP contribution < -0.4 is 0 Å². The Morgan fingerprint density at radius 2 is 1.95 bits per heavy atom. The number of aryl methyl sites for hydroxylation is 1. The lowest BCUT2D eigenvalue weighted by molar-refractivity contribution is 0.193. The van der Waals surface area contributed by atoms with Crippen molar-refractivity contribution in [1.82, 2.24) is 9.21 Å². The van der Waals surface area contributed by atoms with Crippen LogP contribution in [0.25, 0.3) is 0 Å². The van der Waals surface area contributed by atoms with Gasteiger partial charge in [-0.3, -0.25) is 4.90 Å². The second-order valence-corrected chi connectivity index (χ2v) is 8.45. The third-order valence-corrected chi connectivity index (χ3v) is 6.63. The van der Waals surface area contributed by atoms with Crippen molar-refractivity contribution in [3.8, 4) is 0 Å². The summed E-state index contributed by atoms with van der Waals surface area (Å²) in [4.78, 5) is 2.38. The van der Waals surface area contributed by atoms with E-state index in [2.05, 4.69) is 11.8 Å². The zero-order valence-electron chi connectivity index (χ0n) is 12.8. The van der Waals surface area contributed by atoms with Crippen molar-refractivity contribution in [2.24, 2.45) is 0 Å². The first-order valence-electron chi connectivity index (χ1n) is 7.75. The molecule has 1 aromatic rings. The minimum Gasteiger partial charge on any atom is -0.295 e. The van der Waals surface area contributed by atoms with Gasteiger partial charge in [0, 0.05) is 25.2 Å². The van der Waals surface area contributed by atoms with Crippen LogP contribution in [0.3, 0.4) is 0 Å². The van der Waals surface area contributed by atoms with Gasteiger partial charge in [0.2, 0.25) is 10.0 Å². The molecule has 0 bridgehead atoms. The minimum atomic E-state index is -3.11. The SMILES string of the molecule is Cc1ccc(CN2CC(N3CCC[C@@H]3C)CS2(=O)=O)cc1. The van der Waals surface area contributed by atoms with Gasteiger partial charge in [0.15, 0.2) is 0 Å². The first-order chi connectivity index (χ1) is 9.95. The zero-order valence-corrected chi connectivity index (χ0v) is 13.6. The zero-order chi connectivity index (χ0) is 15.0. The molecule has 2 aliphatic rings. The van der Waals surface area contributed by atoms with Crippen LogP contribution in [0.5, 0.6) is 0 Å². The van der Waals surface area contributed by atoms with Crippen molar-refractivity contribution < 1.29 is 8.42 Å². The molecule has 5 heteroatoms. The molecule has 0 saturated carbocycles. The highest BCUT2D eigenvalue weighted by atomic mass is 32.2. The lowest BCUT2D eigenvalue weighted by Gasteiger charge is -2.27. The van der Waals surface area contributed by atoms with Crippen LogP contribution in [0.1, 0.15) is 30.9 Å². The summed E-state index contributed by atoms with van der Waals surface area (Å²) in [6.45, 7) is 6.44. The van der Waals surface area contributed by atoms with Crippen molar-refractivity contribution >= 4 is 10.0 Å². The summed E-state index contributed by atoms with van der Waals surface area (Å²) in [5, 5.41) is 0. The molecule has 0 aliphatic carbocycles. The number of rotatable bonds is 3. The van der Waals surface area contributed by atoms with Crippen LogP contribution in [-0.4, -0.2) is 48.5 Å². The maximum atomic E-state index is 12.4. The van der Waals surface area contributed by atoms with Crippen molar-refractivity contribution in [3.05, 3.63) is 35.4 Å². The van der Waals surface area contributed by atoms with Gasteiger partial charge in [-0.2, -0.15) is 4.31 Å². The van der Waals surface area contributed by atoms with Crippen molar-refractivity contribution in [3.63, 3.8) is 0 Å². The number of likely N-dealkylation sites (tertiary alicyclic amines) is 1. The Kier molecular flexibility index (Phi) is 4.08. The summed E-state index contributed by atoms with van der Waals surface area (Å²) in [5.74, 6) is 0.281. The van der Waals surface area contributed by atoms with Crippen LogP contribution in [0, 0.1) is 6.92 Å². The van der Waals surface area contributed by atoms with E-state index < -0.39 is 10.0 Å². The molecule has 2 fully saturated rings. The van der Waals surface area contributed by atoms with E-state index in [-0.39, 0.29) is 11.8 Å². The van der Waals surface area contributed by atoms with Crippen molar-refractivity contribution in [1.29, 1.82) is 0 Å². The summed E-state index contributed by atoms with van der Waals surface area (Å²) < 4.78 is 26.5. The first kappa shape index (κ1) is 15.0. The summed E-state index contributed by atoms with van der Waals surface area (Å²) in [6.07, 6.45) is 2.38. The van der Waals surface area contributed by atoms with Crippen LogP contribution in [0.4, 0.5) is 0 Å². The molecule has 0 aromatic heterocycles. The second-order valence-electron chi connectivity index (χ2n) is 6.44. The third kappa shape index (κ3) is 3.15. The maximum absolute atomic E-state index is 12.4. The van der Waals surface area contributed by atoms with Crippen LogP contribution >= 0.6 is 0 Å². The molecule has 1 aromatic carbocycles. The van der Waals surface area contributed by atoms with Crippen LogP contribution in [0.2, 0.25) is 0 Å². The van der Waals surface area contributed by atoms with Crippen LogP contribution in [0.15, 0.2) is 24.3 Å². The molecule has 0 radical (unpaired) electrons. The monoisotopic (exact) mass is 308 g/mol. The molecule has 2 saturated heterocycles. The number of hydrogen-bond donors (Lipinski definition) is 0. The van der Waals surface area contributed by atoms with E-state index in [0.29, 0.717) is 19.1 Å². The summed E-state index contributed by atoms with van der Waals surface area (Å²) in [6, 6.07) is 8.81. The van der Waals surface area contributed by atoms with Gasteiger partial charge in [0.1, 0.15) is 0 Å². The average Bonchev–Trinajstić information content (AvgIpc) is 2.96. The largest absolute Gasteiger partial charge is 0.295 e. The van der Waals surface area contributed by atoms with Gasteiger partial charge in [0.25, 0.3) is 0 Å². The molecular formula is C16H24N2O2S. The summed E-state index contributed by atoms with van der Waals surface area (Å²) >= 11 is 0. The quantitative estimate of drug-likeness (QED) is 0.857. The molecule has 2 heterocycles. The van der Waals surface area contributed by atoms with Gasteiger partial charge in [-0.15, -0.1) is 0 Å². The van der Waals surface area contributed by atoms with Crippen molar-refractivity contribution in [2.75, 3.05) is 18.8 Å². The standard InChI is InChI=1S/C16H24N2O2S/c1-13-5-7-15(8-6-13)10-17-11-16(12-21(17,19)20)18-9-3-4-14(18)2/h5-8,14,16H,3-4,9-12H2,1-2H3/t14-,16?/m0/s1. The van der Waals surface area contributed by atoms with E-state index >= 15 is 0 Å². The third-order valence-electron chi connectivity index (χ3n) is 4.76. The fraction of sp³-hybridized carbons (Fsp3) is 0.625. The molecule has 2 aliphatic heterocycles. The van der Waals surface area contributed by atoms with E-state index in [0.717, 1.165) is 12.1 Å². The minimum absolute atomic E-state index is 0.165. The smallest absolute Gasteiger partial charge is 0.216 e. The lowest BCUT2D eigenvalue weighted by Crippen LogP contribution is -2.40. The van der Waals surface area contributed by atoms with Crippen LogP contribution in [-0.2, 0) is 16.6 Å². The summed E-state index contributed by atoms with van der Waals surface area (Å²) in [5.41, 5.74) is 2.27.